The summed E-state index contributed by atoms with van der Waals surface area (Å²) in [6.07, 6.45) is 2.48. The molecule has 0 bridgehead atoms. The van der Waals surface area contributed by atoms with E-state index in [2.05, 4.69) is 11.8 Å². The van der Waals surface area contributed by atoms with E-state index in [1.165, 1.54) is 12.8 Å². The van der Waals surface area contributed by atoms with Gasteiger partial charge in [0.2, 0.25) is 0 Å². The highest BCUT2D eigenvalue weighted by Gasteiger charge is 2.26. The van der Waals surface area contributed by atoms with Crippen LogP contribution in [0.1, 0.15) is 37.0 Å². The number of benzene rings is 1. The zero-order valence-corrected chi connectivity index (χ0v) is 13.0. The molecule has 2 rings (SSSR count). The summed E-state index contributed by atoms with van der Waals surface area (Å²) in [4.78, 5) is 14.0. The second-order valence-corrected chi connectivity index (χ2v) is 5.86. The fraction of sp³-hybridized carbons (Fsp3) is 0.588. The molecule has 0 saturated carbocycles. The smallest absolute Gasteiger partial charge is 0.163 e. The van der Waals surface area contributed by atoms with Crippen molar-refractivity contribution in [2.75, 3.05) is 26.2 Å². The summed E-state index contributed by atoms with van der Waals surface area (Å²) in [6, 6.07) is 7.87. The minimum absolute atomic E-state index is 0.0389. The molecule has 1 aliphatic rings. The van der Waals surface area contributed by atoms with Gasteiger partial charge in [-0.05, 0) is 44.4 Å². The maximum absolute atomic E-state index is 11.6. The third-order valence-corrected chi connectivity index (χ3v) is 4.37. The normalized spacial score (nSPS) is 23.0. The van der Waals surface area contributed by atoms with Gasteiger partial charge in [0, 0.05) is 19.1 Å². The molecule has 1 aromatic rings. The van der Waals surface area contributed by atoms with Gasteiger partial charge in [-0.1, -0.05) is 19.1 Å². The molecule has 2 atom stereocenters. The van der Waals surface area contributed by atoms with E-state index in [9.17, 15) is 4.79 Å². The minimum atomic E-state index is 0.0389. The Morgan fingerprint density at radius 2 is 2.19 bits per heavy atom. The van der Waals surface area contributed by atoms with Crippen molar-refractivity contribution < 1.29 is 9.53 Å². The summed E-state index contributed by atoms with van der Waals surface area (Å²) in [6.45, 7) is 7.08. The number of piperidine rings is 1. The van der Waals surface area contributed by atoms with Crippen molar-refractivity contribution >= 4 is 5.78 Å². The Kier molecular flexibility index (Phi) is 5.76. The SMILES string of the molecule is CC(=O)c1ccccc1OCCN1CCCC(C)C1CN. The number of hydrogen-bond acceptors (Lipinski definition) is 4. The summed E-state index contributed by atoms with van der Waals surface area (Å²) in [7, 11) is 0. The number of nitrogens with two attached hydrogens (primary N) is 1. The molecule has 0 spiro atoms. The number of Topliss-reactive ketones (excluding diaryl/α,β-unsaturated/α-hetero) is 1. The predicted molar refractivity (Wildman–Crippen MR) is 84.8 cm³/mol. The number of rotatable bonds is 6. The quantitative estimate of drug-likeness (QED) is 0.817. The molecule has 4 heteroatoms. The van der Waals surface area contributed by atoms with Gasteiger partial charge in [-0.2, -0.15) is 0 Å². The van der Waals surface area contributed by atoms with Crippen LogP contribution < -0.4 is 10.5 Å². The number of nitrogens with zero attached hydrogens (tertiary/aromatic N) is 1. The van der Waals surface area contributed by atoms with E-state index in [4.69, 9.17) is 10.5 Å². The van der Waals surface area contributed by atoms with E-state index in [-0.39, 0.29) is 5.78 Å². The molecule has 4 nitrogen and oxygen atoms in total. The summed E-state index contributed by atoms with van der Waals surface area (Å²) in [5, 5.41) is 0. The van der Waals surface area contributed by atoms with E-state index in [0.29, 0.717) is 36.4 Å². The highest BCUT2D eigenvalue weighted by Crippen LogP contribution is 2.23. The Morgan fingerprint density at radius 3 is 2.90 bits per heavy atom. The zero-order valence-electron chi connectivity index (χ0n) is 13.0. The molecular weight excluding hydrogens is 264 g/mol. The van der Waals surface area contributed by atoms with Crippen LogP contribution >= 0.6 is 0 Å². The molecule has 2 N–H and O–H groups in total. The number of carbonyl (C=O) groups excluding carboxylic acids is 1. The summed E-state index contributed by atoms with van der Waals surface area (Å²) >= 11 is 0. The number of ketones is 1. The van der Waals surface area contributed by atoms with Crippen LogP contribution in [0, 0.1) is 5.92 Å². The lowest BCUT2D eigenvalue weighted by Crippen LogP contribution is -2.49. The van der Waals surface area contributed by atoms with Crippen molar-refractivity contribution in [3.63, 3.8) is 0 Å². The van der Waals surface area contributed by atoms with Crippen LogP contribution in [0.5, 0.6) is 5.75 Å². The first kappa shape index (κ1) is 16.0. The van der Waals surface area contributed by atoms with E-state index in [1.807, 2.05) is 24.3 Å². The van der Waals surface area contributed by atoms with Gasteiger partial charge in [-0.15, -0.1) is 0 Å². The number of hydrogen-bond donors (Lipinski definition) is 1. The number of likely N-dealkylation sites (tertiary alicyclic amines) is 1. The maximum Gasteiger partial charge on any atom is 0.163 e. The second kappa shape index (κ2) is 7.57. The average Bonchev–Trinajstić information content (AvgIpc) is 2.48. The van der Waals surface area contributed by atoms with Crippen LogP contribution in [0.15, 0.2) is 24.3 Å². The fourth-order valence-corrected chi connectivity index (χ4v) is 3.15. The third kappa shape index (κ3) is 4.05. The number of carbonyl (C=O) groups is 1. The van der Waals surface area contributed by atoms with Gasteiger partial charge in [-0.3, -0.25) is 9.69 Å². The largest absolute Gasteiger partial charge is 0.491 e. The summed E-state index contributed by atoms with van der Waals surface area (Å²) < 4.78 is 5.83. The van der Waals surface area contributed by atoms with Gasteiger partial charge in [0.1, 0.15) is 12.4 Å². The first-order valence-corrected chi connectivity index (χ1v) is 7.80. The molecule has 0 aliphatic carbocycles. The summed E-state index contributed by atoms with van der Waals surface area (Å²) in [5.74, 6) is 1.37. The Balaban J connectivity index is 1.91. The number of ether oxygens (including phenoxy) is 1. The van der Waals surface area contributed by atoms with Crippen molar-refractivity contribution in [3.05, 3.63) is 29.8 Å². The lowest BCUT2D eigenvalue weighted by molar-refractivity contribution is 0.0887. The molecule has 0 radical (unpaired) electrons. The van der Waals surface area contributed by atoms with Gasteiger partial charge in [-0.25, -0.2) is 0 Å². The highest BCUT2D eigenvalue weighted by molar-refractivity contribution is 5.96. The molecule has 0 aromatic heterocycles. The van der Waals surface area contributed by atoms with E-state index < -0.39 is 0 Å². The Bertz CT molecular complexity index is 476. The molecule has 1 aliphatic heterocycles. The maximum atomic E-state index is 11.6. The van der Waals surface area contributed by atoms with Crippen molar-refractivity contribution in [1.82, 2.24) is 4.90 Å². The second-order valence-electron chi connectivity index (χ2n) is 5.86. The molecule has 2 unspecified atom stereocenters. The van der Waals surface area contributed by atoms with Gasteiger partial charge < -0.3 is 10.5 Å². The first-order valence-electron chi connectivity index (χ1n) is 7.80. The monoisotopic (exact) mass is 290 g/mol. The first-order chi connectivity index (χ1) is 10.1. The Morgan fingerprint density at radius 1 is 1.43 bits per heavy atom. The molecule has 116 valence electrons. The van der Waals surface area contributed by atoms with Crippen LogP contribution in [-0.2, 0) is 0 Å². The fourth-order valence-electron chi connectivity index (χ4n) is 3.15. The molecule has 1 saturated heterocycles. The number of para-hydroxylation sites is 1. The van der Waals surface area contributed by atoms with Gasteiger partial charge in [0.05, 0.1) is 5.56 Å². The molecule has 1 fully saturated rings. The van der Waals surface area contributed by atoms with Crippen LogP contribution in [-0.4, -0.2) is 43.0 Å². The molecule has 1 aromatic carbocycles. The molecule has 21 heavy (non-hydrogen) atoms. The van der Waals surface area contributed by atoms with Crippen LogP contribution in [0.3, 0.4) is 0 Å². The van der Waals surface area contributed by atoms with Gasteiger partial charge >= 0.3 is 0 Å². The zero-order chi connectivity index (χ0) is 15.2. The van der Waals surface area contributed by atoms with Crippen molar-refractivity contribution in [2.45, 2.75) is 32.7 Å². The van der Waals surface area contributed by atoms with Gasteiger partial charge in [0.25, 0.3) is 0 Å². The van der Waals surface area contributed by atoms with E-state index >= 15 is 0 Å². The lowest BCUT2D eigenvalue weighted by Gasteiger charge is -2.39. The predicted octanol–water partition coefficient (Wildman–Crippen LogP) is 2.33. The summed E-state index contributed by atoms with van der Waals surface area (Å²) in [5.41, 5.74) is 6.56. The van der Waals surface area contributed by atoms with E-state index in [0.717, 1.165) is 13.1 Å². The highest BCUT2D eigenvalue weighted by atomic mass is 16.5. The third-order valence-electron chi connectivity index (χ3n) is 4.37. The van der Waals surface area contributed by atoms with Crippen LogP contribution in [0.4, 0.5) is 0 Å². The van der Waals surface area contributed by atoms with Crippen LogP contribution in [0.2, 0.25) is 0 Å². The van der Waals surface area contributed by atoms with Crippen molar-refractivity contribution in [2.24, 2.45) is 11.7 Å². The van der Waals surface area contributed by atoms with Gasteiger partial charge in [0.15, 0.2) is 5.78 Å². The Labute approximate surface area is 127 Å². The topological polar surface area (TPSA) is 55.6 Å². The average molecular weight is 290 g/mol. The van der Waals surface area contributed by atoms with Crippen molar-refractivity contribution in [1.29, 1.82) is 0 Å². The van der Waals surface area contributed by atoms with E-state index in [1.54, 1.807) is 6.92 Å². The minimum Gasteiger partial charge on any atom is -0.491 e. The lowest BCUT2D eigenvalue weighted by atomic mass is 9.91. The van der Waals surface area contributed by atoms with Crippen LogP contribution in [0.25, 0.3) is 0 Å². The molecule has 0 amide bonds. The Hall–Kier alpha value is -1.39. The molecular formula is C17H26N2O2. The van der Waals surface area contributed by atoms with Crippen molar-refractivity contribution in [3.8, 4) is 5.75 Å². The molecule has 1 heterocycles. The standard InChI is InChI=1S/C17H26N2O2/c1-13-6-5-9-19(16(13)12-18)10-11-21-17-8-4-3-7-15(17)14(2)20/h3-4,7-8,13,16H,5-6,9-12,18H2,1-2H3.